The number of aromatic nitrogens is 1. The SMILES string of the molecule is CC(C)(C)C[C@@H](N=C(N)N)C(=O)NCC(=O)N1CCC(c2cc(-c3ccc(Cl)cc3Cl)no2)CC1. The number of guanidine groups is 1. The van der Waals surface area contributed by atoms with Crippen molar-refractivity contribution in [2.24, 2.45) is 21.9 Å². The molecule has 2 aromatic rings. The van der Waals surface area contributed by atoms with Gasteiger partial charge in [0.05, 0.1) is 11.6 Å². The first-order chi connectivity index (χ1) is 16.4. The molecule has 1 saturated heterocycles. The van der Waals surface area contributed by atoms with Crippen LogP contribution in [-0.2, 0) is 9.59 Å². The number of carbonyl (C=O) groups excluding carboxylic acids is 2. The molecule has 1 aliphatic rings. The third-order valence-corrected chi connectivity index (χ3v) is 6.36. The van der Waals surface area contributed by atoms with Crippen LogP contribution in [0.5, 0.6) is 0 Å². The predicted octanol–water partition coefficient (Wildman–Crippen LogP) is 3.55. The van der Waals surface area contributed by atoms with Crippen LogP contribution in [0.3, 0.4) is 0 Å². The number of amides is 2. The summed E-state index contributed by atoms with van der Waals surface area (Å²) in [6, 6.07) is 6.37. The van der Waals surface area contributed by atoms with Crippen molar-refractivity contribution < 1.29 is 14.1 Å². The van der Waals surface area contributed by atoms with Crippen molar-refractivity contribution in [2.75, 3.05) is 19.6 Å². The van der Waals surface area contributed by atoms with E-state index in [0.29, 0.717) is 35.2 Å². The summed E-state index contributed by atoms with van der Waals surface area (Å²) in [6.45, 7) is 6.98. The number of nitrogens with two attached hydrogens (primary N) is 2. The number of carbonyl (C=O) groups is 2. The number of rotatable bonds is 7. The van der Waals surface area contributed by atoms with Crippen LogP contribution in [0.1, 0.15) is 51.7 Å². The number of piperidine rings is 1. The van der Waals surface area contributed by atoms with Gasteiger partial charge in [0.1, 0.15) is 17.5 Å². The highest BCUT2D eigenvalue weighted by atomic mass is 35.5. The Morgan fingerprint density at radius 2 is 1.91 bits per heavy atom. The lowest BCUT2D eigenvalue weighted by Gasteiger charge is -2.31. The van der Waals surface area contributed by atoms with Crippen molar-refractivity contribution in [1.82, 2.24) is 15.4 Å². The van der Waals surface area contributed by atoms with Crippen LogP contribution in [0.2, 0.25) is 10.0 Å². The molecule has 1 fully saturated rings. The fourth-order valence-electron chi connectivity index (χ4n) is 4.07. The summed E-state index contributed by atoms with van der Waals surface area (Å²) in [7, 11) is 0. The summed E-state index contributed by atoms with van der Waals surface area (Å²) in [5.41, 5.74) is 12.2. The molecule has 0 saturated carbocycles. The second-order valence-corrected chi connectivity index (χ2v) is 10.8. The molecule has 1 atom stereocenters. The van der Waals surface area contributed by atoms with Crippen molar-refractivity contribution in [2.45, 2.75) is 52.0 Å². The summed E-state index contributed by atoms with van der Waals surface area (Å²) >= 11 is 12.3. The summed E-state index contributed by atoms with van der Waals surface area (Å²) in [6.07, 6.45) is 1.91. The lowest BCUT2D eigenvalue weighted by molar-refractivity contribution is -0.134. The first kappa shape index (κ1) is 26.8. The van der Waals surface area contributed by atoms with E-state index in [4.69, 9.17) is 39.2 Å². The van der Waals surface area contributed by atoms with Gasteiger partial charge >= 0.3 is 0 Å². The quantitative estimate of drug-likeness (QED) is 0.375. The smallest absolute Gasteiger partial charge is 0.245 e. The van der Waals surface area contributed by atoms with Gasteiger partial charge in [-0.25, -0.2) is 4.99 Å². The van der Waals surface area contributed by atoms with E-state index >= 15 is 0 Å². The second-order valence-electron chi connectivity index (χ2n) is 9.95. The van der Waals surface area contributed by atoms with Crippen LogP contribution in [0, 0.1) is 5.41 Å². The van der Waals surface area contributed by atoms with Crippen LogP contribution >= 0.6 is 23.2 Å². The van der Waals surface area contributed by atoms with Crippen molar-refractivity contribution in [1.29, 1.82) is 0 Å². The molecule has 1 aromatic carbocycles. The van der Waals surface area contributed by atoms with Gasteiger partial charge in [-0.05, 0) is 42.9 Å². The third kappa shape index (κ3) is 7.60. The van der Waals surface area contributed by atoms with Gasteiger partial charge < -0.3 is 26.2 Å². The van der Waals surface area contributed by atoms with Crippen molar-refractivity contribution >= 4 is 41.0 Å². The van der Waals surface area contributed by atoms with Gasteiger partial charge in [0, 0.05) is 35.7 Å². The summed E-state index contributed by atoms with van der Waals surface area (Å²) in [5.74, 6) is 0.221. The molecular formula is C24H32Cl2N6O3. The number of halogens is 2. The Labute approximate surface area is 215 Å². The largest absolute Gasteiger partial charge is 0.370 e. The summed E-state index contributed by atoms with van der Waals surface area (Å²) in [5, 5.41) is 7.90. The maximum Gasteiger partial charge on any atom is 0.245 e. The highest BCUT2D eigenvalue weighted by molar-refractivity contribution is 6.36. The number of hydrogen-bond donors (Lipinski definition) is 3. The fraction of sp³-hybridized carbons (Fsp3) is 0.500. The molecule has 0 spiro atoms. The van der Waals surface area contributed by atoms with Gasteiger partial charge in [-0.1, -0.05) is 49.1 Å². The van der Waals surface area contributed by atoms with Crippen LogP contribution < -0.4 is 16.8 Å². The average Bonchev–Trinajstić information content (AvgIpc) is 3.25. The maximum absolute atomic E-state index is 12.7. The summed E-state index contributed by atoms with van der Waals surface area (Å²) < 4.78 is 5.58. The van der Waals surface area contributed by atoms with E-state index in [9.17, 15) is 9.59 Å². The molecular weight excluding hydrogens is 491 g/mol. The van der Waals surface area contributed by atoms with Gasteiger partial charge in [-0.2, -0.15) is 0 Å². The fourth-order valence-corrected chi connectivity index (χ4v) is 4.57. The Kier molecular flexibility index (Phi) is 8.66. The zero-order valence-electron chi connectivity index (χ0n) is 20.2. The van der Waals surface area contributed by atoms with E-state index in [2.05, 4.69) is 15.5 Å². The van der Waals surface area contributed by atoms with E-state index in [1.54, 1.807) is 23.1 Å². The molecule has 190 valence electrons. The van der Waals surface area contributed by atoms with Gasteiger partial charge in [-0.15, -0.1) is 0 Å². The summed E-state index contributed by atoms with van der Waals surface area (Å²) in [4.78, 5) is 31.1. The number of nitrogens with one attached hydrogen (secondary N) is 1. The zero-order valence-corrected chi connectivity index (χ0v) is 21.7. The number of aliphatic imine (C=N–C) groups is 1. The number of hydrogen-bond acceptors (Lipinski definition) is 5. The van der Waals surface area contributed by atoms with Crippen LogP contribution in [-0.4, -0.2) is 53.5 Å². The molecule has 0 bridgehead atoms. The highest BCUT2D eigenvalue weighted by Gasteiger charge is 2.29. The van der Waals surface area contributed by atoms with E-state index in [1.165, 1.54) is 0 Å². The van der Waals surface area contributed by atoms with E-state index < -0.39 is 6.04 Å². The number of benzene rings is 1. The van der Waals surface area contributed by atoms with Gasteiger partial charge in [-0.3, -0.25) is 9.59 Å². The van der Waals surface area contributed by atoms with Crippen LogP contribution in [0.25, 0.3) is 11.3 Å². The van der Waals surface area contributed by atoms with Crippen molar-refractivity contribution in [3.05, 3.63) is 40.1 Å². The van der Waals surface area contributed by atoms with Crippen molar-refractivity contribution in [3.8, 4) is 11.3 Å². The minimum atomic E-state index is -0.742. The molecule has 35 heavy (non-hydrogen) atoms. The Hall–Kier alpha value is -2.78. The third-order valence-electron chi connectivity index (χ3n) is 5.81. The highest BCUT2D eigenvalue weighted by Crippen LogP contribution is 2.34. The molecule has 1 aliphatic heterocycles. The molecule has 11 heteroatoms. The molecule has 2 amide bonds. The first-order valence-corrected chi connectivity index (χ1v) is 12.2. The molecule has 1 aromatic heterocycles. The van der Waals surface area contributed by atoms with E-state index in [0.717, 1.165) is 24.2 Å². The topological polar surface area (TPSA) is 140 Å². The molecule has 0 aliphatic carbocycles. The lowest BCUT2D eigenvalue weighted by Crippen LogP contribution is -2.46. The van der Waals surface area contributed by atoms with Crippen LogP contribution in [0.4, 0.5) is 0 Å². The molecule has 5 N–H and O–H groups in total. The number of likely N-dealkylation sites (tertiary alicyclic amines) is 1. The Balaban J connectivity index is 1.52. The molecule has 0 radical (unpaired) electrons. The standard InChI is InChI=1S/C24H32Cl2N6O3/c1-24(2,3)12-19(30-23(27)28)22(34)29-13-21(33)32-8-6-14(7-9-32)20-11-18(31-35-20)16-5-4-15(25)10-17(16)26/h4-5,10-11,14,19H,6-9,12-13H2,1-3H3,(H,29,34)(H4,27,28,30)/t19-/m1/s1. The molecule has 0 unspecified atom stereocenters. The van der Waals surface area contributed by atoms with Crippen molar-refractivity contribution in [3.63, 3.8) is 0 Å². The zero-order chi connectivity index (χ0) is 25.8. The predicted molar refractivity (Wildman–Crippen MR) is 137 cm³/mol. The lowest BCUT2D eigenvalue weighted by atomic mass is 9.88. The van der Waals surface area contributed by atoms with E-state index in [1.807, 2.05) is 26.8 Å². The van der Waals surface area contributed by atoms with Gasteiger partial charge in [0.15, 0.2) is 5.96 Å². The molecule has 3 rings (SSSR count). The maximum atomic E-state index is 12.7. The van der Waals surface area contributed by atoms with Gasteiger partial charge in [0.2, 0.25) is 11.8 Å². The number of nitrogens with zero attached hydrogens (tertiary/aromatic N) is 3. The average molecular weight is 523 g/mol. The van der Waals surface area contributed by atoms with E-state index in [-0.39, 0.29) is 35.7 Å². The van der Waals surface area contributed by atoms with Crippen LogP contribution in [0.15, 0.2) is 33.8 Å². The minimum absolute atomic E-state index is 0.105. The second kappa shape index (κ2) is 11.3. The molecule has 9 nitrogen and oxygen atoms in total. The Morgan fingerprint density at radius 3 is 2.51 bits per heavy atom. The monoisotopic (exact) mass is 522 g/mol. The minimum Gasteiger partial charge on any atom is -0.370 e. The normalized spacial score (nSPS) is 15.5. The Bertz CT molecular complexity index is 1080. The molecule has 2 heterocycles. The van der Waals surface area contributed by atoms with Gasteiger partial charge in [0.25, 0.3) is 0 Å². The Morgan fingerprint density at radius 1 is 1.23 bits per heavy atom. The first-order valence-electron chi connectivity index (χ1n) is 11.5.